The number of nitrogens with one attached hydrogen (secondary N) is 2. The Morgan fingerprint density at radius 1 is 1.21 bits per heavy atom. The van der Waals surface area contributed by atoms with Crippen molar-refractivity contribution in [2.24, 2.45) is 5.10 Å². The van der Waals surface area contributed by atoms with Crippen LogP contribution in [0.3, 0.4) is 0 Å². The third-order valence-corrected chi connectivity index (χ3v) is 6.04. The Morgan fingerprint density at radius 2 is 1.97 bits per heavy atom. The smallest absolute Gasteiger partial charge is 0.305 e. The van der Waals surface area contributed by atoms with Gasteiger partial charge in [0.25, 0.3) is 0 Å². The summed E-state index contributed by atoms with van der Waals surface area (Å²) in [5, 5.41) is 6.75. The number of rotatable bonds is 9. The number of benzene rings is 1. The summed E-state index contributed by atoms with van der Waals surface area (Å²) in [5.41, 5.74) is 7.66. The second-order valence-electron chi connectivity index (χ2n) is 8.67. The van der Waals surface area contributed by atoms with Crippen molar-refractivity contribution in [3.05, 3.63) is 70.8 Å². The number of carbonyl (C=O) groups is 2. The van der Waals surface area contributed by atoms with Crippen LogP contribution in [0.15, 0.2) is 41.6 Å². The molecule has 1 aliphatic rings. The Balaban J connectivity index is 1.65. The predicted molar refractivity (Wildman–Crippen MR) is 133 cm³/mol. The van der Waals surface area contributed by atoms with E-state index in [-0.39, 0.29) is 60.4 Å². The molecular formula is C25H24F3N7O3. The zero-order valence-corrected chi connectivity index (χ0v) is 20.5. The minimum atomic E-state index is -1.18. The lowest BCUT2D eigenvalue weighted by Gasteiger charge is -2.22. The third kappa shape index (κ3) is 5.41. The summed E-state index contributed by atoms with van der Waals surface area (Å²) >= 11 is 0. The van der Waals surface area contributed by atoms with Gasteiger partial charge < -0.3 is 15.8 Å². The number of hydrazone groups is 1. The van der Waals surface area contributed by atoms with Crippen molar-refractivity contribution < 1.29 is 27.5 Å². The number of hydrogen-bond donors (Lipinski definition) is 3. The first-order valence-corrected chi connectivity index (χ1v) is 11.6. The van der Waals surface area contributed by atoms with Gasteiger partial charge in [-0.05, 0) is 31.9 Å². The van der Waals surface area contributed by atoms with E-state index in [1.807, 2.05) is 0 Å². The summed E-state index contributed by atoms with van der Waals surface area (Å²) in [6.07, 6.45) is 0.714. The molecule has 0 saturated heterocycles. The molecular weight excluding hydrogens is 503 g/mol. The number of carbonyl (C=O) groups excluding carboxylic acids is 2. The molecule has 3 aromatic rings. The van der Waals surface area contributed by atoms with Crippen LogP contribution < -0.4 is 16.5 Å². The van der Waals surface area contributed by atoms with Gasteiger partial charge in [-0.1, -0.05) is 18.2 Å². The van der Waals surface area contributed by atoms with Crippen molar-refractivity contribution in [3.63, 3.8) is 0 Å². The van der Waals surface area contributed by atoms with E-state index in [4.69, 9.17) is 10.5 Å². The van der Waals surface area contributed by atoms with Crippen molar-refractivity contribution in [2.45, 2.75) is 38.5 Å². The maximum Gasteiger partial charge on any atom is 0.305 e. The van der Waals surface area contributed by atoms with E-state index in [9.17, 15) is 22.8 Å². The minimum absolute atomic E-state index is 0.0173. The third-order valence-electron chi connectivity index (χ3n) is 6.04. The average molecular weight is 528 g/mol. The van der Waals surface area contributed by atoms with Gasteiger partial charge in [-0.15, -0.1) is 0 Å². The van der Waals surface area contributed by atoms with Crippen LogP contribution in [-0.4, -0.2) is 39.1 Å². The van der Waals surface area contributed by atoms with Crippen molar-refractivity contribution >= 4 is 35.2 Å². The SMILES string of the molecule is CCOC(=O)CCC1(C)C(=O)Nc2nc(N/N=C(/Cc3ccccc3F)c3ncc(F)cc3F)nc(N)c21. The van der Waals surface area contributed by atoms with E-state index in [0.717, 1.165) is 6.20 Å². The zero-order valence-electron chi connectivity index (χ0n) is 20.5. The van der Waals surface area contributed by atoms with Crippen molar-refractivity contribution in [1.29, 1.82) is 0 Å². The van der Waals surface area contributed by atoms with E-state index in [1.54, 1.807) is 19.9 Å². The number of halogens is 3. The van der Waals surface area contributed by atoms with Crippen LogP contribution in [0, 0.1) is 17.5 Å². The van der Waals surface area contributed by atoms with Crippen molar-refractivity contribution in [3.8, 4) is 0 Å². The fourth-order valence-corrected chi connectivity index (χ4v) is 4.09. The molecule has 1 aromatic carbocycles. The largest absolute Gasteiger partial charge is 0.466 e. The van der Waals surface area contributed by atoms with Crippen LogP contribution in [0.1, 0.15) is 43.5 Å². The number of amides is 1. The molecule has 4 rings (SSSR count). The maximum atomic E-state index is 14.5. The number of nitrogen functional groups attached to an aromatic ring is 1. The molecule has 0 radical (unpaired) electrons. The molecule has 1 amide bonds. The second-order valence-corrected chi connectivity index (χ2v) is 8.67. The molecule has 0 bridgehead atoms. The highest BCUT2D eigenvalue weighted by molar-refractivity contribution is 6.07. The predicted octanol–water partition coefficient (Wildman–Crippen LogP) is 3.48. The summed E-state index contributed by atoms with van der Waals surface area (Å²) < 4.78 is 47.2. The number of hydrogen-bond acceptors (Lipinski definition) is 9. The Kier molecular flexibility index (Phi) is 7.55. The monoisotopic (exact) mass is 527 g/mol. The number of ether oxygens (including phenoxy) is 1. The molecule has 1 atom stereocenters. The molecule has 0 saturated carbocycles. The highest BCUT2D eigenvalue weighted by Crippen LogP contribution is 2.43. The highest BCUT2D eigenvalue weighted by atomic mass is 19.1. The fourth-order valence-electron chi connectivity index (χ4n) is 4.09. The molecule has 38 heavy (non-hydrogen) atoms. The molecule has 3 heterocycles. The van der Waals surface area contributed by atoms with Gasteiger partial charge in [-0.3, -0.25) is 9.59 Å². The molecule has 198 valence electrons. The van der Waals surface area contributed by atoms with Gasteiger partial charge in [0.1, 0.15) is 29.0 Å². The van der Waals surface area contributed by atoms with E-state index < -0.39 is 34.7 Å². The second kappa shape index (κ2) is 10.8. The standard InChI is InChI=1S/C25H24F3N7O3/c1-3-38-18(36)8-9-25(2)19-21(29)31-24(33-22(19)32-23(25)37)35-34-17(10-13-6-4-5-7-15(13)27)20-16(28)11-14(26)12-30-20/h4-7,11-12H,3,8-10H2,1-2H3,(H4,29,31,32,33,35,37)/b34-17-. The van der Waals surface area contributed by atoms with Gasteiger partial charge in [0.05, 0.1) is 29.5 Å². The summed E-state index contributed by atoms with van der Waals surface area (Å²) in [7, 11) is 0. The van der Waals surface area contributed by atoms with Crippen LogP contribution in [-0.2, 0) is 26.2 Å². The summed E-state index contributed by atoms with van der Waals surface area (Å²) in [6.45, 7) is 3.52. The van der Waals surface area contributed by atoms with E-state index in [2.05, 4.69) is 30.8 Å². The first-order valence-electron chi connectivity index (χ1n) is 11.6. The normalized spacial score (nSPS) is 16.7. The molecule has 1 unspecified atom stereocenters. The molecule has 0 fully saturated rings. The summed E-state index contributed by atoms with van der Waals surface area (Å²) in [6, 6.07) is 6.46. The van der Waals surface area contributed by atoms with Crippen LogP contribution in [0.5, 0.6) is 0 Å². The van der Waals surface area contributed by atoms with Gasteiger partial charge in [0.2, 0.25) is 11.9 Å². The number of esters is 1. The lowest BCUT2D eigenvalue weighted by Crippen LogP contribution is -2.32. The molecule has 0 spiro atoms. The first kappa shape index (κ1) is 26.5. The van der Waals surface area contributed by atoms with Gasteiger partial charge in [-0.2, -0.15) is 15.1 Å². The van der Waals surface area contributed by atoms with Gasteiger partial charge in [0, 0.05) is 18.9 Å². The number of fused-ring (bicyclic) bond motifs is 1. The Bertz CT molecular complexity index is 1430. The number of nitrogens with two attached hydrogens (primary N) is 1. The Hall–Kier alpha value is -4.55. The number of pyridine rings is 1. The Labute approximate surface area is 215 Å². The Morgan fingerprint density at radius 3 is 2.68 bits per heavy atom. The van der Waals surface area contributed by atoms with E-state index in [0.29, 0.717) is 11.6 Å². The zero-order chi connectivity index (χ0) is 27.4. The lowest BCUT2D eigenvalue weighted by molar-refractivity contribution is -0.143. The summed E-state index contributed by atoms with van der Waals surface area (Å²) in [4.78, 5) is 36.8. The number of nitrogens with zero attached hydrogens (tertiary/aromatic N) is 4. The highest BCUT2D eigenvalue weighted by Gasteiger charge is 2.46. The van der Waals surface area contributed by atoms with Gasteiger partial charge >= 0.3 is 5.97 Å². The number of anilines is 3. The molecule has 4 N–H and O–H groups in total. The van der Waals surface area contributed by atoms with E-state index >= 15 is 0 Å². The molecule has 1 aliphatic heterocycles. The molecule has 0 aliphatic carbocycles. The van der Waals surface area contributed by atoms with Crippen LogP contribution in [0.4, 0.5) is 30.8 Å². The maximum absolute atomic E-state index is 14.5. The topological polar surface area (TPSA) is 144 Å². The summed E-state index contributed by atoms with van der Waals surface area (Å²) in [5.74, 6) is -3.38. The molecule has 2 aromatic heterocycles. The van der Waals surface area contributed by atoms with Gasteiger partial charge in [-0.25, -0.2) is 23.6 Å². The first-order chi connectivity index (χ1) is 18.1. The van der Waals surface area contributed by atoms with E-state index in [1.165, 1.54) is 18.2 Å². The van der Waals surface area contributed by atoms with Crippen molar-refractivity contribution in [2.75, 3.05) is 23.1 Å². The quantitative estimate of drug-likeness (QED) is 0.218. The fraction of sp³-hybridized carbons (Fsp3) is 0.280. The van der Waals surface area contributed by atoms with Crippen LogP contribution >= 0.6 is 0 Å². The van der Waals surface area contributed by atoms with Crippen molar-refractivity contribution in [1.82, 2.24) is 15.0 Å². The molecule has 10 nitrogen and oxygen atoms in total. The molecule has 13 heteroatoms. The lowest BCUT2D eigenvalue weighted by atomic mass is 9.80. The minimum Gasteiger partial charge on any atom is -0.466 e. The number of aromatic nitrogens is 3. The van der Waals surface area contributed by atoms with Gasteiger partial charge in [0.15, 0.2) is 5.82 Å². The average Bonchev–Trinajstić information content (AvgIpc) is 3.12. The van der Waals surface area contributed by atoms with Crippen LogP contribution in [0.25, 0.3) is 0 Å². The van der Waals surface area contributed by atoms with Crippen LogP contribution in [0.2, 0.25) is 0 Å².